The van der Waals surface area contributed by atoms with Gasteiger partial charge in [-0.3, -0.25) is 14.3 Å². The quantitative estimate of drug-likeness (QED) is 0.475. The topological polar surface area (TPSA) is 90.3 Å². The number of rotatable bonds is 7. The number of alkyl halides is 3. The van der Waals surface area contributed by atoms with Crippen LogP contribution in [0.25, 0.3) is 0 Å². The van der Waals surface area contributed by atoms with Crippen LogP contribution in [0.15, 0.2) is 0 Å². The summed E-state index contributed by atoms with van der Waals surface area (Å²) >= 11 is 6.63. The van der Waals surface area contributed by atoms with E-state index in [1.807, 2.05) is 0 Å². The fourth-order valence-corrected chi connectivity index (χ4v) is 4.05. The molecule has 0 saturated carbocycles. The van der Waals surface area contributed by atoms with Gasteiger partial charge in [0.25, 0.3) is 0 Å². The van der Waals surface area contributed by atoms with Gasteiger partial charge in [0.1, 0.15) is 5.00 Å². The number of carbonyl (C=O) groups excluding carboxylic acids is 3. The molecule has 0 saturated heterocycles. The molecular formula is C18H19ClF3N3O4S. The monoisotopic (exact) mass is 465 g/mol. The summed E-state index contributed by atoms with van der Waals surface area (Å²) in [4.78, 5) is 36.7. The molecule has 0 atom stereocenters. The summed E-state index contributed by atoms with van der Waals surface area (Å²) in [6.45, 7) is 5.84. The Bertz CT molecular complexity index is 998. The highest BCUT2D eigenvalue weighted by atomic mass is 35.5. The SMILES string of the molecule is CCOC(=O)c1c(NC(=O)CCn2nc(C(F)(F)F)c(Cl)c2C)sc(C(C)=O)c1C. The van der Waals surface area contributed by atoms with E-state index in [4.69, 9.17) is 16.3 Å². The second-order valence-corrected chi connectivity index (χ2v) is 7.70. The summed E-state index contributed by atoms with van der Waals surface area (Å²) in [5.41, 5.74) is -0.662. The minimum absolute atomic E-state index is 0.0786. The molecule has 2 heterocycles. The zero-order chi connectivity index (χ0) is 22.8. The summed E-state index contributed by atoms with van der Waals surface area (Å²) in [7, 11) is 0. The van der Waals surface area contributed by atoms with Crippen LogP contribution in [0.3, 0.4) is 0 Å². The molecule has 2 aromatic heterocycles. The normalized spacial score (nSPS) is 11.5. The first kappa shape index (κ1) is 23.9. The minimum atomic E-state index is -4.71. The van der Waals surface area contributed by atoms with E-state index in [1.165, 1.54) is 13.8 Å². The van der Waals surface area contributed by atoms with Gasteiger partial charge in [-0.2, -0.15) is 18.3 Å². The molecule has 0 unspecified atom stereocenters. The van der Waals surface area contributed by atoms with Gasteiger partial charge >= 0.3 is 12.1 Å². The standard InChI is InChI=1S/C18H19ClF3N3O4S/c1-5-29-17(28)12-8(2)14(10(4)26)30-16(12)23-11(27)6-7-25-9(3)13(19)15(24-25)18(20,21)22/h5-7H2,1-4H3,(H,23,27). The van der Waals surface area contributed by atoms with Crippen LogP contribution < -0.4 is 5.32 Å². The van der Waals surface area contributed by atoms with Gasteiger partial charge in [-0.05, 0) is 33.3 Å². The number of aromatic nitrogens is 2. The van der Waals surface area contributed by atoms with Crippen molar-refractivity contribution in [3.8, 4) is 0 Å². The number of ether oxygens (including phenoxy) is 1. The molecule has 0 spiro atoms. The molecule has 164 valence electrons. The smallest absolute Gasteiger partial charge is 0.436 e. The Hall–Kier alpha value is -2.40. The van der Waals surface area contributed by atoms with Gasteiger partial charge in [-0.25, -0.2) is 4.79 Å². The number of esters is 1. The predicted molar refractivity (Wildman–Crippen MR) is 105 cm³/mol. The van der Waals surface area contributed by atoms with Crippen molar-refractivity contribution in [1.82, 2.24) is 9.78 Å². The summed E-state index contributed by atoms with van der Waals surface area (Å²) < 4.78 is 44.7. The molecule has 30 heavy (non-hydrogen) atoms. The van der Waals surface area contributed by atoms with Crippen molar-refractivity contribution in [2.24, 2.45) is 0 Å². The Morgan fingerprint density at radius 2 is 1.90 bits per heavy atom. The van der Waals surface area contributed by atoms with E-state index >= 15 is 0 Å². The number of hydrogen-bond acceptors (Lipinski definition) is 6. The number of carbonyl (C=O) groups is 3. The van der Waals surface area contributed by atoms with E-state index in [-0.39, 0.29) is 41.6 Å². The third kappa shape index (κ3) is 5.01. The zero-order valence-electron chi connectivity index (χ0n) is 16.6. The second-order valence-electron chi connectivity index (χ2n) is 6.30. The Kier molecular flexibility index (Phi) is 7.30. The number of nitrogens with zero attached hydrogens (tertiary/aromatic N) is 2. The summed E-state index contributed by atoms with van der Waals surface area (Å²) in [6, 6.07) is 0. The molecule has 0 radical (unpaired) electrons. The molecule has 7 nitrogen and oxygen atoms in total. The number of Topliss-reactive ketones (excluding diaryl/α,β-unsaturated/α-hetero) is 1. The minimum Gasteiger partial charge on any atom is -0.462 e. The van der Waals surface area contributed by atoms with Gasteiger partial charge in [0.15, 0.2) is 11.5 Å². The van der Waals surface area contributed by atoms with Crippen LogP contribution >= 0.6 is 22.9 Å². The van der Waals surface area contributed by atoms with E-state index in [2.05, 4.69) is 10.4 Å². The van der Waals surface area contributed by atoms with Crippen molar-refractivity contribution in [3.63, 3.8) is 0 Å². The Labute approximate surface area is 179 Å². The van der Waals surface area contributed by atoms with Gasteiger partial charge in [0.05, 0.1) is 34.3 Å². The molecule has 2 rings (SSSR count). The fourth-order valence-electron chi connectivity index (χ4n) is 2.71. The van der Waals surface area contributed by atoms with Crippen LogP contribution in [0.4, 0.5) is 18.2 Å². The van der Waals surface area contributed by atoms with Gasteiger partial charge in [-0.15, -0.1) is 11.3 Å². The van der Waals surface area contributed by atoms with Crippen molar-refractivity contribution >= 4 is 45.6 Å². The van der Waals surface area contributed by atoms with Crippen LogP contribution in [0.1, 0.15) is 57.2 Å². The van der Waals surface area contributed by atoms with Crippen LogP contribution in [-0.4, -0.2) is 34.0 Å². The van der Waals surface area contributed by atoms with E-state index in [0.29, 0.717) is 10.4 Å². The molecule has 0 aliphatic rings. The number of nitrogens with one attached hydrogen (secondary N) is 1. The second kappa shape index (κ2) is 9.17. The fraction of sp³-hybridized carbons (Fsp3) is 0.444. The molecule has 0 fully saturated rings. The summed E-state index contributed by atoms with van der Waals surface area (Å²) in [5, 5.41) is 5.60. The highest BCUT2D eigenvalue weighted by molar-refractivity contribution is 7.18. The van der Waals surface area contributed by atoms with Gasteiger partial charge in [-0.1, -0.05) is 11.6 Å². The summed E-state index contributed by atoms with van der Waals surface area (Å²) in [5.74, 6) is -1.53. The highest BCUT2D eigenvalue weighted by Gasteiger charge is 2.38. The Balaban J connectivity index is 2.20. The van der Waals surface area contributed by atoms with Crippen molar-refractivity contribution in [2.45, 2.75) is 46.8 Å². The third-order valence-electron chi connectivity index (χ3n) is 4.15. The maximum atomic E-state index is 12.9. The molecule has 12 heteroatoms. The molecule has 0 bridgehead atoms. The highest BCUT2D eigenvalue weighted by Crippen LogP contribution is 2.36. The lowest BCUT2D eigenvalue weighted by Gasteiger charge is -2.08. The third-order valence-corrected chi connectivity index (χ3v) is 5.91. The first-order valence-electron chi connectivity index (χ1n) is 8.79. The molecule has 1 amide bonds. The molecule has 0 aliphatic carbocycles. The number of halogens is 4. The molecule has 2 aromatic rings. The van der Waals surface area contributed by atoms with E-state index in [1.54, 1.807) is 13.8 Å². The molecule has 0 aromatic carbocycles. The lowest BCUT2D eigenvalue weighted by atomic mass is 10.1. The van der Waals surface area contributed by atoms with Gasteiger partial charge < -0.3 is 10.1 Å². The van der Waals surface area contributed by atoms with Crippen LogP contribution in [0.2, 0.25) is 5.02 Å². The number of thiophene rings is 1. The first-order valence-corrected chi connectivity index (χ1v) is 9.99. The van der Waals surface area contributed by atoms with Gasteiger partial charge in [0, 0.05) is 6.42 Å². The first-order chi connectivity index (χ1) is 13.9. The van der Waals surface area contributed by atoms with Crippen molar-refractivity contribution in [1.29, 1.82) is 0 Å². The Morgan fingerprint density at radius 1 is 1.27 bits per heavy atom. The van der Waals surface area contributed by atoms with E-state index in [0.717, 1.165) is 16.0 Å². The van der Waals surface area contributed by atoms with Crippen molar-refractivity contribution in [2.75, 3.05) is 11.9 Å². The number of ketones is 1. The number of amides is 1. The number of hydrogen-bond donors (Lipinski definition) is 1. The van der Waals surface area contributed by atoms with Gasteiger partial charge in [0.2, 0.25) is 5.91 Å². The number of aryl methyl sites for hydroxylation is 1. The average Bonchev–Trinajstić information content (AvgIpc) is 3.10. The molecular weight excluding hydrogens is 447 g/mol. The van der Waals surface area contributed by atoms with Crippen molar-refractivity contribution < 1.29 is 32.3 Å². The Morgan fingerprint density at radius 3 is 2.40 bits per heavy atom. The lowest BCUT2D eigenvalue weighted by Crippen LogP contribution is -2.17. The predicted octanol–water partition coefficient (Wildman–Crippen LogP) is 4.64. The lowest BCUT2D eigenvalue weighted by molar-refractivity contribution is -0.141. The van der Waals surface area contributed by atoms with Crippen molar-refractivity contribution in [3.05, 3.63) is 32.4 Å². The maximum Gasteiger partial charge on any atom is 0.436 e. The van der Waals surface area contributed by atoms with E-state index in [9.17, 15) is 27.6 Å². The molecule has 0 aliphatic heterocycles. The number of anilines is 1. The van der Waals surface area contributed by atoms with Crippen LogP contribution in [-0.2, 0) is 22.3 Å². The van der Waals surface area contributed by atoms with Crippen LogP contribution in [0.5, 0.6) is 0 Å². The largest absolute Gasteiger partial charge is 0.462 e. The summed E-state index contributed by atoms with van der Waals surface area (Å²) in [6.07, 6.45) is -4.94. The average molecular weight is 466 g/mol. The zero-order valence-corrected chi connectivity index (χ0v) is 18.1. The molecule has 1 N–H and O–H groups in total. The maximum absolute atomic E-state index is 12.9. The van der Waals surface area contributed by atoms with Crippen LogP contribution in [0, 0.1) is 13.8 Å². The van der Waals surface area contributed by atoms with E-state index < -0.39 is 28.8 Å².